The number of hydrogen-bond donors (Lipinski definition) is 2. The van der Waals surface area contributed by atoms with Gasteiger partial charge in [-0.25, -0.2) is 18.1 Å². The second-order valence-corrected chi connectivity index (χ2v) is 8.31. The first-order valence-corrected chi connectivity index (χ1v) is 10.8. The molecule has 3 aromatic rings. The Morgan fingerprint density at radius 1 is 1.03 bits per heavy atom. The number of carbonyl (C=O) groups excluding carboxylic acids is 1. The summed E-state index contributed by atoms with van der Waals surface area (Å²) >= 11 is 0. The van der Waals surface area contributed by atoms with Crippen LogP contribution in [0.4, 0.5) is 0 Å². The molecule has 7 nitrogen and oxygen atoms in total. The zero-order valence-corrected chi connectivity index (χ0v) is 16.9. The minimum atomic E-state index is -3.58. The number of benzene rings is 2. The molecule has 0 unspecified atom stereocenters. The lowest BCUT2D eigenvalue weighted by Crippen LogP contribution is -2.34. The molecule has 0 spiro atoms. The predicted molar refractivity (Wildman–Crippen MR) is 110 cm³/mol. The fourth-order valence-electron chi connectivity index (χ4n) is 2.66. The molecule has 0 saturated carbocycles. The topological polar surface area (TPSA) is 101 Å². The number of nitrogens with one attached hydrogen (secondary N) is 2. The van der Waals surface area contributed by atoms with Gasteiger partial charge in [0, 0.05) is 31.5 Å². The standard InChI is InChI=1S/C21H23N3O4S/c1-16-7-9-18(10-8-16)29(26,27)24-14-13-22-20(25)11-12-21-23-15-19(28-21)17-5-3-2-4-6-17/h2-10,15,24H,11-14H2,1H3,(H,22,25). The minimum absolute atomic E-state index is 0.110. The summed E-state index contributed by atoms with van der Waals surface area (Å²) in [6.45, 7) is 2.20. The van der Waals surface area contributed by atoms with Gasteiger partial charge in [-0.15, -0.1) is 0 Å². The molecule has 0 fully saturated rings. The van der Waals surface area contributed by atoms with Gasteiger partial charge in [-0.2, -0.15) is 0 Å². The van der Waals surface area contributed by atoms with E-state index in [-0.39, 0.29) is 30.3 Å². The van der Waals surface area contributed by atoms with Crippen LogP contribution in [0.5, 0.6) is 0 Å². The molecule has 0 aliphatic rings. The van der Waals surface area contributed by atoms with Crippen LogP contribution < -0.4 is 10.0 Å². The van der Waals surface area contributed by atoms with Gasteiger partial charge in [0.05, 0.1) is 11.1 Å². The molecule has 0 radical (unpaired) electrons. The summed E-state index contributed by atoms with van der Waals surface area (Å²) < 4.78 is 32.5. The molecule has 0 atom stereocenters. The van der Waals surface area contributed by atoms with Crippen molar-refractivity contribution in [1.82, 2.24) is 15.0 Å². The first-order chi connectivity index (χ1) is 13.9. The Kier molecular flexibility index (Phi) is 6.79. The molecule has 0 aliphatic carbocycles. The van der Waals surface area contributed by atoms with Crippen molar-refractivity contribution in [2.24, 2.45) is 0 Å². The molecular weight excluding hydrogens is 390 g/mol. The van der Waals surface area contributed by atoms with Crippen molar-refractivity contribution in [3.8, 4) is 11.3 Å². The highest BCUT2D eigenvalue weighted by molar-refractivity contribution is 7.89. The molecule has 8 heteroatoms. The lowest BCUT2D eigenvalue weighted by Gasteiger charge is -2.08. The Labute approximate surface area is 170 Å². The molecule has 2 N–H and O–H groups in total. The third-order valence-electron chi connectivity index (χ3n) is 4.25. The quantitative estimate of drug-likeness (QED) is 0.525. The average molecular weight is 413 g/mol. The molecule has 0 bridgehead atoms. The van der Waals surface area contributed by atoms with Crippen molar-refractivity contribution in [3.63, 3.8) is 0 Å². The van der Waals surface area contributed by atoms with E-state index in [9.17, 15) is 13.2 Å². The number of hydrogen-bond acceptors (Lipinski definition) is 5. The third kappa shape index (κ3) is 6.00. The highest BCUT2D eigenvalue weighted by atomic mass is 32.2. The van der Waals surface area contributed by atoms with Gasteiger partial charge in [-0.05, 0) is 19.1 Å². The van der Waals surface area contributed by atoms with E-state index in [0.29, 0.717) is 18.1 Å². The molecule has 29 heavy (non-hydrogen) atoms. The Morgan fingerprint density at radius 3 is 2.48 bits per heavy atom. The van der Waals surface area contributed by atoms with Crippen molar-refractivity contribution < 1.29 is 17.6 Å². The average Bonchev–Trinajstić information content (AvgIpc) is 3.20. The van der Waals surface area contributed by atoms with Crippen LogP contribution in [0.1, 0.15) is 17.9 Å². The summed E-state index contributed by atoms with van der Waals surface area (Å²) in [7, 11) is -3.58. The zero-order valence-electron chi connectivity index (χ0n) is 16.1. The van der Waals surface area contributed by atoms with Crippen LogP contribution in [-0.4, -0.2) is 32.4 Å². The Hall–Kier alpha value is -2.97. The summed E-state index contributed by atoms with van der Waals surface area (Å²) in [5, 5.41) is 2.69. The minimum Gasteiger partial charge on any atom is -0.441 e. The summed E-state index contributed by atoms with van der Waals surface area (Å²) in [5.74, 6) is 0.949. The van der Waals surface area contributed by atoms with Crippen molar-refractivity contribution in [2.75, 3.05) is 13.1 Å². The predicted octanol–water partition coefficient (Wildman–Crippen LogP) is 2.68. The number of amides is 1. The molecule has 1 heterocycles. The van der Waals surface area contributed by atoms with E-state index < -0.39 is 10.0 Å². The molecule has 152 valence electrons. The van der Waals surface area contributed by atoms with Crippen LogP contribution in [-0.2, 0) is 21.2 Å². The van der Waals surface area contributed by atoms with E-state index in [1.54, 1.807) is 30.5 Å². The summed E-state index contributed by atoms with van der Waals surface area (Å²) in [6.07, 6.45) is 2.22. The molecule has 0 aliphatic heterocycles. The molecule has 3 rings (SSSR count). The zero-order chi connectivity index (χ0) is 20.7. The van der Waals surface area contributed by atoms with Gasteiger partial charge in [0.15, 0.2) is 11.7 Å². The Balaban J connectivity index is 1.39. The maximum Gasteiger partial charge on any atom is 0.240 e. The van der Waals surface area contributed by atoms with Gasteiger partial charge in [0.2, 0.25) is 15.9 Å². The summed E-state index contributed by atoms with van der Waals surface area (Å²) in [5.41, 5.74) is 1.91. The third-order valence-corrected chi connectivity index (χ3v) is 5.73. The number of aromatic nitrogens is 1. The largest absolute Gasteiger partial charge is 0.441 e. The van der Waals surface area contributed by atoms with Gasteiger partial charge in [-0.1, -0.05) is 48.0 Å². The fraction of sp³-hybridized carbons (Fsp3) is 0.238. The van der Waals surface area contributed by atoms with Crippen LogP contribution in [0.3, 0.4) is 0 Å². The number of aryl methyl sites for hydroxylation is 2. The van der Waals surface area contributed by atoms with Crippen molar-refractivity contribution in [1.29, 1.82) is 0 Å². The highest BCUT2D eigenvalue weighted by Crippen LogP contribution is 2.20. The number of rotatable bonds is 9. The van der Waals surface area contributed by atoms with E-state index in [4.69, 9.17) is 4.42 Å². The lowest BCUT2D eigenvalue weighted by atomic mass is 10.2. The number of nitrogens with zero attached hydrogens (tertiary/aromatic N) is 1. The number of sulfonamides is 1. The van der Waals surface area contributed by atoms with Crippen LogP contribution in [0, 0.1) is 6.92 Å². The summed E-state index contributed by atoms with van der Waals surface area (Å²) in [6, 6.07) is 16.2. The Morgan fingerprint density at radius 2 is 1.76 bits per heavy atom. The SMILES string of the molecule is Cc1ccc(S(=O)(=O)NCCNC(=O)CCc2ncc(-c3ccccc3)o2)cc1. The van der Waals surface area contributed by atoms with Gasteiger partial charge in [0.1, 0.15) is 0 Å². The van der Waals surface area contributed by atoms with Gasteiger partial charge in [-0.3, -0.25) is 4.79 Å². The Bertz CT molecular complexity index is 1050. The number of oxazole rings is 1. The van der Waals surface area contributed by atoms with E-state index in [1.807, 2.05) is 37.3 Å². The van der Waals surface area contributed by atoms with E-state index in [1.165, 1.54) is 0 Å². The lowest BCUT2D eigenvalue weighted by molar-refractivity contribution is -0.121. The molecular formula is C21H23N3O4S. The van der Waals surface area contributed by atoms with E-state index in [2.05, 4.69) is 15.0 Å². The van der Waals surface area contributed by atoms with Crippen molar-refractivity contribution in [2.45, 2.75) is 24.7 Å². The second kappa shape index (κ2) is 9.49. The van der Waals surface area contributed by atoms with Gasteiger partial charge >= 0.3 is 0 Å². The molecule has 1 aromatic heterocycles. The van der Waals surface area contributed by atoms with Gasteiger partial charge < -0.3 is 9.73 Å². The van der Waals surface area contributed by atoms with Crippen LogP contribution in [0.25, 0.3) is 11.3 Å². The highest BCUT2D eigenvalue weighted by Gasteiger charge is 2.13. The van der Waals surface area contributed by atoms with Gasteiger partial charge in [0.25, 0.3) is 0 Å². The first-order valence-electron chi connectivity index (χ1n) is 9.27. The monoisotopic (exact) mass is 413 g/mol. The molecule has 0 saturated heterocycles. The first kappa shape index (κ1) is 20.8. The van der Waals surface area contributed by atoms with Crippen molar-refractivity contribution >= 4 is 15.9 Å². The molecule has 1 amide bonds. The second-order valence-electron chi connectivity index (χ2n) is 6.55. The molecule has 2 aromatic carbocycles. The van der Waals surface area contributed by atoms with Crippen LogP contribution in [0.2, 0.25) is 0 Å². The number of carbonyl (C=O) groups is 1. The summed E-state index contributed by atoms with van der Waals surface area (Å²) in [4.78, 5) is 16.4. The normalized spacial score (nSPS) is 11.3. The van der Waals surface area contributed by atoms with E-state index >= 15 is 0 Å². The maximum absolute atomic E-state index is 12.2. The fourth-order valence-corrected chi connectivity index (χ4v) is 3.69. The van der Waals surface area contributed by atoms with Crippen LogP contribution in [0.15, 0.2) is 70.1 Å². The van der Waals surface area contributed by atoms with E-state index in [0.717, 1.165) is 11.1 Å². The van der Waals surface area contributed by atoms with Crippen LogP contribution >= 0.6 is 0 Å². The maximum atomic E-state index is 12.2. The van der Waals surface area contributed by atoms with Crippen molar-refractivity contribution in [3.05, 3.63) is 72.2 Å². The smallest absolute Gasteiger partial charge is 0.240 e.